The summed E-state index contributed by atoms with van der Waals surface area (Å²) >= 11 is 1.58. The first-order valence-electron chi connectivity index (χ1n) is 13.3. The quantitative estimate of drug-likeness (QED) is 0.403. The molecule has 0 fully saturated rings. The van der Waals surface area contributed by atoms with Gasteiger partial charge in [-0.2, -0.15) is 0 Å². The first-order valence-corrected chi connectivity index (χ1v) is 14.2. The third kappa shape index (κ3) is 8.77. The lowest BCUT2D eigenvalue weighted by atomic mass is 10.00. The zero-order chi connectivity index (χ0) is 28.6. The van der Waals surface area contributed by atoms with E-state index in [1.54, 1.807) is 49.4 Å². The van der Waals surface area contributed by atoms with Crippen molar-refractivity contribution in [2.75, 3.05) is 13.2 Å². The molecule has 10 nitrogen and oxygen atoms in total. The maximum atomic E-state index is 13.3. The Labute approximate surface area is 233 Å². The lowest BCUT2D eigenvalue weighted by Crippen LogP contribution is -2.58. The highest BCUT2D eigenvalue weighted by Crippen LogP contribution is 2.20. The molecule has 0 aliphatic carbocycles. The van der Waals surface area contributed by atoms with Crippen molar-refractivity contribution < 1.29 is 23.9 Å². The fourth-order valence-corrected chi connectivity index (χ4v) is 4.87. The highest BCUT2D eigenvalue weighted by atomic mass is 32.1. The summed E-state index contributed by atoms with van der Waals surface area (Å²) in [5.74, 6) is -1.23. The van der Waals surface area contributed by atoms with E-state index in [2.05, 4.69) is 26.3 Å². The maximum Gasteiger partial charge on any atom is 0.255 e. The second kappa shape index (κ2) is 13.5. The van der Waals surface area contributed by atoms with Gasteiger partial charge in [-0.1, -0.05) is 26.0 Å². The zero-order valence-electron chi connectivity index (χ0n) is 23.3. The fourth-order valence-electron chi connectivity index (χ4n) is 4.05. The summed E-state index contributed by atoms with van der Waals surface area (Å²) in [6.45, 7) is 9.63. The van der Waals surface area contributed by atoms with Gasteiger partial charge in [0.1, 0.15) is 23.9 Å². The van der Waals surface area contributed by atoms with Gasteiger partial charge in [0, 0.05) is 30.5 Å². The van der Waals surface area contributed by atoms with E-state index in [9.17, 15) is 19.2 Å². The molecule has 0 bridgehead atoms. The molecule has 4 N–H and O–H groups in total. The molecule has 1 aliphatic rings. The summed E-state index contributed by atoms with van der Waals surface area (Å²) in [5.41, 5.74) is 0.0559. The Kier molecular flexibility index (Phi) is 10.4. The van der Waals surface area contributed by atoms with Gasteiger partial charge in [-0.15, -0.1) is 11.3 Å². The minimum Gasteiger partial charge on any atom is -0.491 e. The van der Waals surface area contributed by atoms with Crippen LogP contribution in [0.4, 0.5) is 0 Å². The molecule has 1 aliphatic heterocycles. The van der Waals surface area contributed by atoms with Crippen molar-refractivity contribution in [1.82, 2.24) is 26.3 Å². The largest absolute Gasteiger partial charge is 0.491 e. The molecule has 3 rings (SSSR count). The van der Waals surface area contributed by atoms with E-state index in [0.717, 1.165) is 17.1 Å². The summed E-state index contributed by atoms with van der Waals surface area (Å²) in [6.07, 6.45) is 1.43. The highest BCUT2D eigenvalue weighted by molar-refractivity contribution is 7.09. The molecule has 1 aromatic heterocycles. The Morgan fingerprint density at radius 2 is 1.95 bits per heavy atom. The molecular formula is C28H39N5O5S. The number of nitrogens with one attached hydrogen (secondary N) is 4. The summed E-state index contributed by atoms with van der Waals surface area (Å²) in [4.78, 5) is 56.7. The molecule has 212 valence electrons. The number of carbonyl (C=O) groups is 4. The van der Waals surface area contributed by atoms with Crippen molar-refractivity contribution in [2.45, 2.75) is 77.9 Å². The number of hydrogen-bond donors (Lipinski definition) is 4. The second-order valence-corrected chi connectivity index (χ2v) is 11.6. The van der Waals surface area contributed by atoms with E-state index in [0.29, 0.717) is 18.7 Å². The van der Waals surface area contributed by atoms with Crippen molar-refractivity contribution in [1.29, 1.82) is 0 Å². The van der Waals surface area contributed by atoms with E-state index < -0.39 is 23.4 Å². The van der Waals surface area contributed by atoms with E-state index in [1.165, 1.54) is 0 Å². The van der Waals surface area contributed by atoms with Gasteiger partial charge in [-0.05, 0) is 51.7 Å². The summed E-state index contributed by atoms with van der Waals surface area (Å²) < 4.78 is 6.00. The Hall–Kier alpha value is -3.47. The van der Waals surface area contributed by atoms with Crippen LogP contribution in [-0.4, -0.2) is 59.4 Å². The molecule has 0 spiro atoms. The van der Waals surface area contributed by atoms with Crippen molar-refractivity contribution in [2.24, 2.45) is 5.92 Å². The average molecular weight is 558 g/mol. The lowest BCUT2D eigenvalue weighted by molar-refractivity contribution is -0.133. The van der Waals surface area contributed by atoms with Crippen molar-refractivity contribution >= 4 is 35.0 Å². The van der Waals surface area contributed by atoms with E-state index in [-0.39, 0.29) is 48.8 Å². The number of thiazole rings is 1. The monoisotopic (exact) mass is 557 g/mol. The van der Waals surface area contributed by atoms with Crippen LogP contribution < -0.4 is 26.0 Å². The number of carbonyl (C=O) groups excluding carboxylic acids is 4. The third-order valence-corrected chi connectivity index (χ3v) is 7.53. The highest BCUT2D eigenvalue weighted by Gasteiger charge is 2.33. The number of hydrogen-bond acceptors (Lipinski definition) is 7. The number of aromatic nitrogens is 1. The smallest absolute Gasteiger partial charge is 0.255 e. The van der Waals surface area contributed by atoms with E-state index >= 15 is 0 Å². The minimum absolute atomic E-state index is 0.0322. The van der Waals surface area contributed by atoms with Gasteiger partial charge in [-0.25, -0.2) is 4.98 Å². The molecule has 0 unspecified atom stereocenters. The number of ether oxygens (including phenoxy) is 1. The topological polar surface area (TPSA) is 139 Å². The average Bonchev–Trinajstić information content (AvgIpc) is 3.30. The van der Waals surface area contributed by atoms with Crippen LogP contribution in [0.5, 0.6) is 5.75 Å². The van der Waals surface area contributed by atoms with Crippen LogP contribution in [0.25, 0.3) is 0 Å². The maximum absolute atomic E-state index is 13.3. The first kappa shape index (κ1) is 30.1. The number of para-hydroxylation sites is 1. The number of nitrogens with zero attached hydrogens (tertiary/aromatic N) is 1. The van der Waals surface area contributed by atoms with Gasteiger partial charge in [0.15, 0.2) is 0 Å². The summed E-state index contributed by atoms with van der Waals surface area (Å²) in [5, 5.41) is 14.4. The molecule has 2 atom stereocenters. The Morgan fingerprint density at radius 1 is 1.21 bits per heavy atom. The minimum atomic E-state index is -1.18. The number of benzene rings is 1. The number of aryl methyl sites for hydroxylation is 2. The lowest BCUT2D eigenvalue weighted by Gasteiger charge is -2.30. The normalized spacial score (nSPS) is 20.4. The van der Waals surface area contributed by atoms with Gasteiger partial charge < -0.3 is 26.0 Å². The van der Waals surface area contributed by atoms with Crippen LogP contribution in [0.2, 0.25) is 0 Å². The molecule has 4 amide bonds. The first-order chi connectivity index (χ1) is 18.5. The van der Waals surface area contributed by atoms with E-state index in [1.807, 2.05) is 26.2 Å². The molecule has 39 heavy (non-hydrogen) atoms. The van der Waals surface area contributed by atoms with Crippen LogP contribution in [0.1, 0.15) is 68.0 Å². The molecule has 1 aromatic carbocycles. The predicted molar refractivity (Wildman–Crippen MR) is 150 cm³/mol. The standard InChI is InChI=1S/C28H39N5O5S/c1-17(2)21-15-38-22-10-7-6-9-19(22)25(35)31-20(12-13-23(34)33-28(4,5)27(37)32-21)26(36)29-14-8-11-24-30-18(3)16-39-24/h6-7,9-10,16-17,20-21H,8,11-15H2,1-5H3,(H,29,36)(H,31,35)(H,32,37)(H,33,34)/t20-,21-/m0/s1. The third-order valence-electron chi connectivity index (χ3n) is 6.51. The van der Waals surface area contributed by atoms with Crippen LogP contribution in [0.3, 0.4) is 0 Å². The zero-order valence-corrected chi connectivity index (χ0v) is 24.1. The predicted octanol–water partition coefficient (Wildman–Crippen LogP) is 2.51. The van der Waals surface area contributed by atoms with Crippen LogP contribution in [0, 0.1) is 12.8 Å². The van der Waals surface area contributed by atoms with E-state index in [4.69, 9.17) is 4.74 Å². The number of rotatable bonds is 6. The van der Waals surface area contributed by atoms with Gasteiger partial charge in [0.05, 0.1) is 16.6 Å². The van der Waals surface area contributed by atoms with Crippen LogP contribution in [0.15, 0.2) is 29.6 Å². The van der Waals surface area contributed by atoms with Crippen LogP contribution in [-0.2, 0) is 20.8 Å². The molecule has 2 heterocycles. The van der Waals surface area contributed by atoms with Gasteiger partial charge in [0.25, 0.3) is 5.91 Å². The molecule has 11 heteroatoms. The Bertz CT molecular complexity index is 1180. The SMILES string of the molecule is Cc1csc(CCCNC(=O)[C@@H]2CCC(=O)NC(C)(C)C(=O)N[C@H](C(C)C)COc3ccccc3C(=O)N2)n1. The molecular weight excluding hydrogens is 518 g/mol. The Balaban J connectivity index is 1.78. The fraction of sp³-hybridized carbons (Fsp3) is 0.536. The van der Waals surface area contributed by atoms with Crippen molar-refractivity contribution in [3.8, 4) is 5.75 Å². The van der Waals surface area contributed by atoms with Gasteiger partial charge >= 0.3 is 0 Å². The molecule has 0 saturated heterocycles. The second-order valence-electron chi connectivity index (χ2n) is 10.6. The van der Waals surface area contributed by atoms with Gasteiger partial charge in [-0.3, -0.25) is 19.2 Å². The number of fused-ring (bicyclic) bond motifs is 1. The molecule has 0 saturated carbocycles. The van der Waals surface area contributed by atoms with Crippen molar-refractivity contribution in [3.63, 3.8) is 0 Å². The number of amides is 4. The summed E-state index contributed by atoms with van der Waals surface area (Å²) in [6, 6.07) is 5.44. The molecule has 0 radical (unpaired) electrons. The summed E-state index contributed by atoms with van der Waals surface area (Å²) in [7, 11) is 0. The van der Waals surface area contributed by atoms with Crippen molar-refractivity contribution in [3.05, 3.63) is 45.9 Å². The Morgan fingerprint density at radius 3 is 2.64 bits per heavy atom. The molecule has 2 aromatic rings. The van der Waals surface area contributed by atoms with Gasteiger partial charge in [0.2, 0.25) is 17.7 Å². The van der Waals surface area contributed by atoms with Crippen LogP contribution >= 0.6 is 11.3 Å².